The van der Waals surface area contributed by atoms with Crippen LogP contribution in [0.3, 0.4) is 0 Å². The molecule has 10 heavy (non-hydrogen) atoms. The van der Waals surface area contributed by atoms with Gasteiger partial charge in [-0.15, -0.1) is 0 Å². The van der Waals surface area contributed by atoms with Crippen LogP contribution in [0, 0.1) is 5.92 Å². The Balaban J connectivity index is 2.14. The first-order valence-corrected chi connectivity index (χ1v) is 3.72. The summed E-state index contributed by atoms with van der Waals surface area (Å²) in [5.41, 5.74) is 1.35. The second-order valence-electron chi connectivity index (χ2n) is 2.99. The van der Waals surface area contributed by atoms with Crippen molar-refractivity contribution in [3.8, 4) is 0 Å². The minimum absolute atomic E-state index is 0.707. The molecule has 1 aliphatic carbocycles. The molecule has 0 aliphatic heterocycles. The zero-order valence-electron chi connectivity index (χ0n) is 6.13. The zero-order valence-corrected chi connectivity index (χ0v) is 6.13. The van der Waals surface area contributed by atoms with Crippen molar-refractivity contribution in [1.82, 2.24) is 0 Å². The molecule has 53 valence electrons. The summed E-state index contributed by atoms with van der Waals surface area (Å²) in [5, 5.41) is 0. The van der Waals surface area contributed by atoms with Crippen LogP contribution in [0.15, 0.2) is 23.0 Å². The topological polar surface area (TPSA) is 13.1 Å². The first-order chi connectivity index (χ1) is 4.88. The minimum atomic E-state index is 0.707. The molecule has 0 saturated heterocycles. The molecule has 1 heterocycles. The Bertz CT molecular complexity index is 201. The van der Waals surface area contributed by atoms with E-state index in [1.54, 1.807) is 12.2 Å². The van der Waals surface area contributed by atoms with Gasteiger partial charge in [-0.2, -0.15) is 0 Å². The molecule has 1 aromatic rings. The van der Waals surface area contributed by atoms with Gasteiger partial charge in [0.05, 0.1) is 12.5 Å². The molecule has 1 atom stereocenters. The van der Waals surface area contributed by atoms with Crippen molar-refractivity contribution in [3.63, 3.8) is 0 Å². The standard InChI is InChI=1S/C9H11O/c1-7-2-3-9(7)8-4-5-10-6-8/h4-6,9H,2-3H2,1H3. The molecule has 0 spiro atoms. The average Bonchev–Trinajstić information content (AvgIpc) is 2.37. The number of rotatable bonds is 1. The van der Waals surface area contributed by atoms with Gasteiger partial charge >= 0.3 is 0 Å². The fourth-order valence-electron chi connectivity index (χ4n) is 1.50. The molecule has 1 unspecified atom stereocenters. The fourth-order valence-corrected chi connectivity index (χ4v) is 1.50. The van der Waals surface area contributed by atoms with E-state index in [0.717, 1.165) is 0 Å². The maximum Gasteiger partial charge on any atom is 0.0937 e. The molecule has 1 aromatic heterocycles. The van der Waals surface area contributed by atoms with Crippen molar-refractivity contribution in [2.75, 3.05) is 0 Å². The monoisotopic (exact) mass is 135 g/mol. The summed E-state index contributed by atoms with van der Waals surface area (Å²) in [6.07, 6.45) is 6.22. The van der Waals surface area contributed by atoms with Gasteiger partial charge in [0.1, 0.15) is 0 Å². The van der Waals surface area contributed by atoms with Crippen molar-refractivity contribution >= 4 is 0 Å². The lowest BCUT2D eigenvalue weighted by Gasteiger charge is -2.32. The molecule has 0 N–H and O–H groups in total. The molecule has 1 heteroatoms. The lowest BCUT2D eigenvalue weighted by Crippen LogP contribution is -2.17. The van der Waals surface area contributed by atoms with Crippen LogP contribution in [-0.2, 0) is 0 Å². The number of furan rings is 1. The molecule has 1 aliphatic rings. The van der Waals surface area contributed by atoms with E-state index in [1.807, 2.05) is 6.26 Å². The van der Waals surface area contributed by atoms with Crippen LogP contribution >= 0.6 is 0 Å². The first-order valence-electron chi connectivity index (χ1n) is 3.72. The van der Waals surface area contributed by atoms with E-state index in [-0.39, 0.29) is 0 Å². The molecule has 0 aromatic carbocycles. The van der Waals surface area contributed by atoms with Crippen molar-refractivity contribution in [1.29, 1.82) is 0 Å². The average molecular weight is 135 g/mol. The van der Waals surface area contributed by atoms with Crippen LogP contribution < -0.4 is 0 Å². The van der Waals surface area contributed by atoms with Gasteiger partial charge in [0.15, 0.2) is 0 Å². The molecular weight excluding hydrogens is 124 g/mol. The van der Waals surface area contributed by atoms with E-state index >= 15 is 0 Å². The van der Waals surface area contributed by atoms with E-state index < -0.39 is 0 Å². The van der Waals surface area contributed by atoms with Gasteiger partial charge in [0.25, 0.3) is 0 Å². The quantitative estimate of drug-likeness (QED) is 0.577. The molecule has 0 amide bonds. The highest BCUT2D eigenvalue weighted by molar-refractivity contribution is 5.25. The highest BCUT2D eigenvalue weighted by Gasteiger charge is 2.28. The Kier molecular flexibility index (Phi) is 1.30. The number of hydrogen-bond acceptors (Lipinski definition) is 1. The van der Waals surface area contributed by atoms with E-state index in [9.17, 15) is 0 Å². The van der Waals surface area contributed by atoms with Crippen molar-refractivity contribution in [2.24, 2.45) is 0 Å². The summed E-state index contributed by atoms with van der Waals surface area (Å²) in [4.78, 5) is 0. The predicted octanol–water partition coefficient (Wildman–Crippen LogP) is 2.75. The zero-order chi connectivity index (χ0) is 6.97. The molecule has 1 nitrogen and oxygen atoms in total. The van der Waals surface area contributed by atoms with Crippen molar-refractivity contribution < 1.29 is 4.42 Å². The summed E-state index contributed by atoms with van der Waals surface area (Å²) in [7, 11) is 0. The SMILES string of the molecule is C[C]1CCC1c1ccoc1. The summed E-state index contributed by atoms with van der Waals surface area (Å²) >= 11 is 0. The predicted molar refractivity (Wildman–Crippen MR) is 39.6 cm³/mol. The minimum Gasteiger partial charge on any atom is -0.472 e. The molecule has 1 saturated carbocycles. The fraction of sp³-hybridized carbons (Fsp3) is 0.444. The maximum atomic E-state index is 5.01. The summed E-state index contributed by atoms with van der Waals surface area (Å²) in [5.74, 6) is 2.31. The highest BCUT2D eigenvalue weighted by atomic mass is 16.3. The lowest BCUT2D eigenvalue weighted by molar-refractivity contribution is 0.464. The molecule has 0 bridgehead atoms. The number of hydrogen-bond donors (Lipinski definition) is 0. The van der Waals surface area contributed by atoms with Crippen LogP contribution in [0.4, 0.5) is 0 Å². The van der Waals surface area contributed by atoms with Crippen molar-refractivity contribution in [3.05, 3.63) is 30.1 Å². The largest absolute Gasteiger partial charge is 0.472 e. The molecule has 2 rings (SSSR count). The third kappa shape index (κ3) is 0.772. The van der Waals surface area contributed by atoms with Crippen LogP contribution in [0.1, 0.15) is 31.2 Å². The third-order valence-corrected chi connectivity index (χ3v) is 2.37. The van der Waals surface area contributed by atoms with Gasteiger partial charge in [-0.1, -0.05) is 6.92 Å². The first kappa shape index (κ1) is 6.02. The second kappa shape index (κ2) is 2.15. The van der Waals surface area contributed by atoms with Gasteiger partial charge in [0, 0.05) is 0 Å². The maximum absolute atomic E-state index is 5.01. The summed E-state index contributed by atoms with van der Waals surface area (Å²) in [6.45, 7) is 2.22. The van der Waals surface area contributed by atoms with E-state index in [1.165, 1.54) is 18.4 Å². The molecule has 1 radical (unpaired) electrons. The van der Waals surface area contributed by atoms with Crippen LogP contribution in [0.5, 0.6) is 0 Å². The molecular formula is C9H11O. The Hall–Kier alpha value is -0.720. The Morgan fingerprint density at radius 1 is 1.60 bits per heavy atom. The van der Waals surface area contributed by atoms with Gasteiger partial charge in [-0.3, -0.25) is 0 Å². The Morgan fingerprint density at radius 3 is 2.90 bits per heavy atom. The summed E-state index contributed by atoms with van der Waals surface area (Å²) < 4.78 is 5.01. The smallest absolute Gasteiger partial charge is 0.0937 e. The normalized spacial score (nSPS) is 26.3. The second-order valence-corrected chi connectivity index (χ2v) is 2.99. The summed E-state index contributed by atoms with van der Waals surface area (Å²) in [6, 6.07) is 2.06. The lowest BCUT2D eigenvalue weighted by atomic mass is 9.72. The van der Waals surface area contributed by atoms with E-state index in [0.29, 0.717) is 5.92 Å². The highest BCUT2D eigenvalue weighted by Crippen LogP contribution is 2.43. The van der Waals surface area contributed by atoms with Gasteiger partial charge in [0.2, 0.25) is 0 Å². The molecule has 1 fully saturated rings. The Morgan fingerprint density at radius 2 is 2.50 bits per heavy atom. The Labute approximate surface area is 61.0 Å². The van der Waals surface area contributed by atoms with Gasteiger partial charge in [-0.05, 0) is 36.3 Å². The van der Waals surface area contributed by atoms with Crippen molar-refractivity contribution in [2.45, 2.75) is 25.7 Å². The van der Waals surface area contributed by atoms with Gasteiger partial charge < -0.3 is 4.42 Å². The third-order valence-electron chi connectivity index (χ3n) is 2.37. The van der Waals surface area contributed by atoms with E-state index in [2.05, 4.69) is 13.0 Å². The van der Waals surface area contributed by atoms with Crippen LogP contribution in [0.25, 0.3) is 0 Å². The van der Waals surface area contributed by atoms with Crippen LogP contribution in [0.2, 0.25) is 0 Å². The van der Waals surface area contributed by atoms with Gasteiger partial charge in [-0.25, -0.2) is 0 Å². The van der Waals surface area contributed by atoms with E-state index in [4.69, 9.17) is 4.42 Å². The van der Waals surface area contributed by atoms with Crippen LogP contribution in [-0.4, -0.2) is 0 Å².